The number of carbonyl (C=O) groups excluding carboxylic acids is 2. The van der Waals surface area contributed by atoms with Crippen LogP contribution in [0.1, 0.15) is 67.3 Å². The molecule has 0 atom stereocenters. The molecule has 3 rings (SSSR count). The summed E-state index contributed by atoms with van der Waals surface area (Å²) >= 11 is 0. The van der Waals surface area contributed by atoms with Crippen LogP contribution in [0.25, 0.3) is 6.08 Å². The van der Waals surface area contributed by atoms with Gasteiger partial charge in [-0.05, 0) is 61.8 Å². The van der Waals surface area contributed by atoms with Gasteiger partial charge in [-0.25, -0.2) is 4.79 Å². The quantitative estimate of drug-likeness (QED) is 0.281. The van der Waals surface area contributed by atoms with Crippen molar-refractivity contribution in [2.75, 3.05) is 19.8 Å². The Morgan fingerprint density at radius 2 is 1.82 bits per heavy atom. The van der Waals surface area contributed by atoms with Crippen LogP contribution < -0.4 is 10.8 Å². The highest BCUT2D eigenvalue weighted by Gasteiger charge is 2.19. The number of hydroxylamine groups is 1. The molecule has 0 radical (unpaired) electrons. The first-order valence-corrected chi connectivity index (χ1v) is 11.9. The van der Waals surface area contributed by atoms with E-state index in [1.54, 1.807) is 12.2 Å². The molecule has 0 bridgehead atoms. The van der Waals surface area contributed by atoms with Gasteiger partial charge >= 0.3 is 5.97 Å². The van der Waals surface area contributed by atoms with Crippen LogP contribution >= 0.6 is 0 Å². The minimum absolute atomic E-state index is 0.0586. The van der Waals surface area contributed by atoms with Gasteiger partial charge < -0.3 is 20.3 Å². The number of amides is 1. The SMILES string of the molecule is O=C(CONC1=C\c2cc(O)cc(O)c2C(=O)OCCC=CCC\C=C\1)NCC1CCCCC1. The predicted octanol–water partition coefficient (Wildman–Crippen LogP) is 4.11. The molecule has 184 valence electrons. The summed E-state index contributed by atoms with van der Waals surface area (Å²) in [4.78, 5) is 30.2. The Morgan fingerprint density at radius 1 is 1.06 bits per heavy atom. The molecule has 0 spiro atoms. The summed E-state index contributed by atoms with van der Waals surface area (Å²) in [7, 11) is 0. The number of ether oxygens (including phenoxy) is 1. The number of phenols is 2. The minimum atomic E-state index is -0.694. The van der Waals surface area contributed by atoms with Gasteiger partial charge in [-0.3, -0.25) is 15.1 Å². The third-order valence-electron chi connectivity index (χ3n) is 5.84. The number of carbonyl (C=O) groups is 2. The van der Waals surface area contributed by atoms with Crippen LogP contribution in [0.15, 0.2) is 42.1 Å². The molecule has 1 aliphatic carbocycles. The first-order chi connectivity index (χ1) is 16.5. The van der Waals surface area contributed by atoms with Gasteiger partial charge in [0, 0.05) is 12.6 Å². The zero-order valence-corrected chi connectivity index (χ0v) is 19.4. The van der Waals surface area contributed by atoms with E-state index >= 15 is 0 Å². The largest absolute Gasteiger partial charge is 0.508 e. The summed E-state index contributed by atoms with van der Waals surface area (Å²) < 4.78 is 5.28. The first kappa shape index (κ1) is 25.4. The van der Waals surface area contributed by atoms with Gasteiger partial charge in [0.25, 0.3) is 0 Å². The van der Waals surface area contributed by atoms with Gasteiger partial charge in [0.05, 0.1) is 12.3 Å². The number of fused-ring (bicyclic) bond motifs is 1. The number of allylic oxidation sites excluding steroid dienone is 3. The molecule has 0 saturated heterocycles. The van der Waals surface area contributed by atoms with Crippen LogP contribution in [0.4, 0.5) is 0 Å². The molecule has 1 amide bonds. The van der Waals surface area contributed by atoms with Crippen molar-refractivity contribution < 1.29 is 29.4 Å². The van der Waals surface area contributed by atoms with E-state index in [0.29, 0.717) is 24.6 Å². The summed E-state index contributed by atoms with van der Waals surface area (Å²) in [6.45, 7) is 0.659. The van der Waals surface area contributed by atoms with E-state index in [1.165, 1.54) is 25.3 Å². The van der Waals surface area contributed by atoms with Crippen molar-refractivity contribution >= 4 is 18.0 Å². The minimum Gasteiger partial charge on any atom is -0.508 e. The molecular weight excluding hydrogens is 436 g/mol. The fourth-order valence-electron chi connectivity index (χ4n) is 4.06. The van der Waals surface area contributed by atoms with Crippen LogP contribution in [-0.4, -0.2) is 41.8 Å². The Balaban J connectivity index is 1.69. The van der Waals surface area contributed by atoms with Gasteiger partial charge in [-0.2, -0.15) is 0 Å². The molecule has 1 aliphatic heterocycles. The van der Waals surface area contributed by atoms with Crippen LogP contribution in [0.5, 0.6) is 11.5 Å². The lowest BCUT2D eigenvalue weighted by Gasteiger charge is -2.21. The van der Waals surface area contributed by atoms with Crippen molar-refractivity contribution in [3.63, 3.8) is 0 Å². The lowest BCUT2D eigenvalue weighted by Crippen LogP contribution is -2.34. The second-order valence-corrected chi connectivity index (χ2v) is 8.60. The topological polar surface area (TPSA) is 117 Å². The maximum Gasteiger partial charge on any atom is 0.342 e. The Bertz CT molecular complexity index is 931. The van der Waals surface area contributed by atoms with Crippen molar-refractivity contribution in [2.24, 2.45) is 5.92 Å². The fraction of sp³-hybridized carbons (Fsp3) is 0.462. The van der Waals surface area contributed by atoms with E-state index in [2.05, 4.69) is 10.8 Å². The van der Waals surface area contributed by atoms with Crippen molar-refractivity contribution in [3.05, 3.63) is 53.3 Å². The van der Waals surface area contributed by atoms with Crippen molar-refractivity contribution in [2.45, 2.75) is 51.4 Å². The van der Waals surface area contributed by atoms with E-state index < -0.39 is 5.97 Å². The molecule has 2 aliphatic rings. The van der Waals surface area contributed by atoms with Crippen molar-refractivity contribution in [1.82, 2.24) is 10.8 Å². The van der Waals surface area contributed by atoms with Crippen LogP contribution in [-0.2, 0) is 14.4 Å². The molecule has 1 fully saturated rings. The molecular formula is C26H34N2O6. The molecule has 0 aromatic heterocycles. The zero-order valence-electron chi connectivity index (χ0n) is 19.4. The Hall–Kier alpha value is -3.26. The van der Waals surface area contributed by atoms with Crippen molar-refractivity contribution in [3.8, 4) is 11.5 Å². The number of aromatic hydroxyl groups is 2. The highest BCUT2D eigenvalue weighted by molar-refractivity contribution is 5.97. The number of rotatable bonds is 6. The molecule has 8 heteroatoms. The standard InChI is InChI=1S/C26H34N2O6/c29-22-15-20-14-21(28-34-18-24(31)27-17-19-10-6-5-7-11-19)12-8-3-1-2-4-9-13-33-26(32)25(20)23(30)16-22/h2,4,8,12,14-16,19,28-30H,1,3,5-7,9-11,13,17-18H2,(H,27,31)/b4-2?,12-8+,21-14-. The number of hydrogen-bond donors (Lipinski definition) is 4. The molecule has 8 nitrogen and oxygen atoms in total. The molecule has 1 saturated carbocycles. The smallest absolute Gasteiger partial charge is 0.342 e. The normalized spacial score (nSPS) is 20.2. The Labute approximate surface area is 200 Å². The Kier molecular flexibility index (Phi) is 10.0. The molecule has 0 unspecified atom stereocenters. The summed E-state index contributed by atoms with van der Waals surface area (Å²) in [5.41, 5.74) is 3.39. The van der Waals surface area contributed by atoms with E-state index in [1.807, 2.05) is 18.2 Å². The van der Waals surface area contributed by atoms with E-state index in [4.69, 9.17) is 9.57 Å². The number of phenolic OH excluding ortho intramolecular Hbond substituents is 2. The second-order valence-electron chi connectivity index (χ2n) is 8.60. The summed E-state index contributed by atoms with van der Waals surface area (Å²) in [6.07, 6.45) is 17.4. The number of benzene rings is 1. The lowest BCUT2D eigenvalue weighted by molar-refractivity contribution is -0.127. The third kappa shape index (κ3) is 8.26. The first-order valence-electron chi connectivity index (χ1n) is 11.9. The van der Waals surface area contributed by atoms with Crippen LogP contribution in [0, 0.1) is 5.92 Å². The molecule has 1 aromatic rings. The fourth-order valence-corrected chi connectivity index (χ4v) is 4.06. The second kappa shape index (κ2) is 13.4. The number of nitrogens with one attached hydrogen (secondary N) is 2. The van der Waals surface area contributed by atoms with E-state index in [0.717, 1.165) is 31.7 Å². The van der Waals surface area contributed by atoms with Crippen molar-refractivity contribution in [1.29, 1.82) is 0 Å². The van der Waals surface area contributed by atoms with Crippen LogP contribution in [0.2, 0.25) is 0 Å². The summed E-state index contributed by atoms with van der Waals surface area (Å²) in [5, 5.41) is 23.2. The highest BCUT2D eigenvalue weighted by Crippen LogP contribution is 2.30. The van der Waals surface area contributed by atoms with Gasteiger partial charge in [-0.15, -0.1) is 0 Å². The number of hydrogen-bond acceptors (Lipinski definition) is 7. The average molecular weight is 471 g/mol. The molecule has 4 N–H and O–H groups in total. The summed E-state index contributed by atoms with van der Waals surface area (Å²) in [6, 6.07) is 2.45. The maximum absolute atomic E-state index is 12.6. The maximum atomic E-state index is 12.6. The zero-order chi connectivity index (χ0) is 24.2. The third-order valence-corrected chi connectivity index (χ3v) is 5.84. The van der Waals surface area contributed by atoms with E-state index in [-0.39, 0.29) is 41.7 Å². The van der Waals surface area contributed by atoms with E-state index in [9.17, 15) is 19.8 Å². The number of esters is 1. The van der Waals surface area contributed by atoms with Crippen LogP contribution in [0.3, 0.4) is 0 Å². The lowest BCUT2D eigenvalue weighted by atomic mass is 9.89. The number of cyclic esters (lactones) is 1. The van der Waals surface area contributed by atoms with Gasteiger partial charge in [0.15, 0.2) is 6.61 Å². The molecule has 1 aromatic carbocycles. The average Bonchev–Trinajstić information content (AvgIpc) is 2.81. The summed E-state index contributed by atoms with van der Waals surface area (Å²) in [5.74, 6) is -0.962. The van der Waals surface area contributed by atoms with Gasteiger partial charge in [0.1, 0.15) is 17.1 Å². The monoisotopic (exact) mass is 470 g/mol. The molecule has 1 heterocycles. The van der Waals surface area contributed by atoms with Gasteiger partial charge in [0.2, 0.25) is 5.91 Å². The molecule has 34 heavy (non-hydrogen) atoms. The highest BCUT2D eigenvalue weighted by atomic mass is 16.6. The Morgan fingerprint density at radius 3 is 2.65 bits per heavy atom. The van der Waals surface area contributed by atoms with Gasteiger partial charge in [-0.1, -0.05) is 37.5 Å². The predicted molar refractivity (Wildman–Crippen MR) is 129 cm³/mol.